The Morgan fingerprint density at radius 2 is 1.67 bits per heavy atom. The molecule has 0 saturated carbocycles. The zero-order valence-corrected chi connectivity index (χ0v) is 18.2. The van der Waals surface area contributed by atoms with E-state index >= 15 is 0 Å². The van der Waals surface area contributed by atoms with Crippen LogP contribution in [0.5, 0.6) is 0 Å². The van der Waals surface area contributed by atoms with Crippen molar-refractivity contribution < 1.29 is 28.3 Å². The first-order valence-electron chi connectivity index (χ1n) is 10.0. The topological polar surface area (TPSA) is 97.1 Å². The predicted molar refractivity (Wildman–Crippen MR) is 120 cm³/mol. The largest absolute Gasteiger partial charge is 0.465 e. The average Bonchev–Trinajstić information content (AvgIpc) is 3.29. The number of barbiturate groups is 1. The third kappa shape index (κ3) is 3.82. The van der Waals surface area contributed by atoms with E-state index in [1.54, 1.807) is 67.6 Å². The Hall–Kier alpha value is -4.46. The fraction of sp³-hybridized carbons (Fsp3) is 0.120. The van der Waals surface area contributed by atoms with Gasteiger partial charge in [-0.1, -0.05) is 30.3 Å². The highest BCUT2D eigenvalue weighted by Gasteiger charge is 2.41. The highest BCUT2D eigenvalue weighted by molar-refractivity contribution is 6.38. The van der Waals surface area contributed by atoms with Gasteiger partial charge in [0.2, 0.25) is 0 Å². The number of esters is 1. The summed E-state index contributed by atoms with van der Waals surface area (Å²) in [5.74, 6) is -1.23. The second-order valence-corrected chi connectivity index (χ2v) is 7.35. The fourth-order valence-corrected chi connectivity index (χ4v) is 3.60. The van der Waals surface area contributed by atoms with E-state index in [9.17, 15) is 19.2 Å². The number of likely N-dealkylation sites (N-methyl/N-ethyl adjacent to an activating group) is 1. The van der Waals surface area contributed by atoms with Crippen LogP contribution in [0, 0.1) is 6.92 Å². The number of rotatable bonds is 4. The quantitative estimate of drug-likeness (QED) is 0.342. The van der Waals surface area contributed by atoms with E-state index in [1.165, 1.54) is 20.2 Å². The number of urea groups is 1. The van der Waals surface area contributed by atoms with Gasteiger partial charge in [-0.3, -0.25) is 14.5 Å². The van der Waals surface area contributed by atoms with Gasteiger partial charge in [0.15, 0.2) is 0 Å². The first kappa shape index (κ1) is 21.8. The number of ether oxygens (including phenoxy) is 1. The number of imide groups is 2. The van der Waals surface area contributed by atoms with Crippen molar-refractivity contribution in [3.05, 3.63) is 83.1 Å². The van der Waals surface area contributed by atoms with E-state index in [1.807, 2.05) is 0 Å². The van der Waals surface area contributed by atoms with Gasteiger partial charge in [0.1, 0.15) is 17.1 Å². The predicted octanol–water partition coefficient (Wildman–Crippen LogP) is 4.05. The number of hydrogen-bond acceptors (Lipinski definition) is 6. The van der Waals surface area contributed by atoms with E-state index in [0.717, 1.165) is 9.80 Å². The average molecular weight is 444 g/mol. The lowest BCUT2D eigenvalue weighted by atomic mass is 10.0. The molecule has 0 unspecified atom stereocenters. The van der Waals surface area contributed by atoms with Gasteiger partial charge >= 0.3 is 12.0 Å². The first-order valence-corrected chi connectivity index (χ1v) is 10.0. The van der Waals surface area contributed by atoms with E-state index in [4.69, 9.17) is 9.15 Å². The number of furan rings is 1. The number of methoxy groups -OCH3 is 1. The number of nitrogens with zero attached hydrogens (tertiary/aromatic N) is 2. The van der Waals surface area contributed by atoms with Crippen LogP contribution in [-0.4, -0.2) is 42.9 Å². The molecule has 0 aliphatic carbocycles. The van der Waals surface area contributed by atoms with Crippen LogP contribution in [0.1, 0.15) is 21.7 Å². The fourth-order valence-electron chi connectivity index (χ4n) is 3.60. The lowest BCUT2D eigenvalue weighted by Gasteiger charge is -2.31. The summed E-state index contributed by atoms with van der Waals surface area (Å²) in [7, 11) is 2.63. The van der Waals surface area contributed by atoms with Gasteiger partial charge in [-0.25, -0.2) is 14.5 Å². The molecule has 4 amide bonds. The lowest BCUT2D eigenvalue weighted by molar-refractivity contribution is -0.128. The first-order chi connectivity index (χ1) is 15.8. The van der Waals surface area contributed by atoms with Crippen LogP contribution < -0.4 is 4.90 Å². The minimum Gasteiger partial charge on any atom is -0.465 e. The molecule has 1 aliphatic rings. The molecule has 2 aromatic carbocycles. The number of benzene rings is 2. The third-order valence-electron chi connectivity index (χ3n) is 5.38. The van der Waals surface area contributed by atoms with Crippen LogP contribution in [0.3, 0.4) is 0 Å². The summed E-state index contributed by atoms with van der Waals surface area (Å²) in [4.78, 5) is 52.2. The van der Waals surface area contributed by atoms with E-state index in [-0.39, 0.29) is 11.3 Å². The minimum atomic E-state index is -0.740. The van der Waals surface area contributed by atoms with Gasteiger partial charge in [-0.05, 0) is 48.9 Å². The van der Waals surface area contributed by atoms with Crippen LogP contribution >= 0.6 is 0 Å². The molecule has 2 heterocycles. The Bertz CT molecular complexity index is 1310. The van der Waals surface area contributed by atoms with Crippen molar-refractivity contribution in [2.24, 2.45) is 0 Å². The van der Waals surface area contributed by atoms with Gasteiger partial charge in [0.05, 0.1) is 18.4 Å². The molecule has 0 bridgehead atoms. The van der Waals surface area contributed by atoms with Gasteiger partial charge in [-0.2, -0.15) is 0 Å². The van der Waals surface area contributed by atoms with Crippen molar-refractivity contribution in [1.82, 2.24) is 4.90 Å². The van der Waals surface area contributed by atoms with Gasteiger partial charge in [0, 0.05) is 12.6 Å². The number of para-hydroxylation sites is 1. The van der Waals surface area contributed by atoms with Gasteiger partial charge in [-0.15, -0.1) is 0 Å². The molecular formula is C25H20N2O6. The van der Waals surface area contributed by atoms with Crippen molar-refractivity contribution in [3.8, 4) is 11.3 Å². The highest BCUT2D eigenvalue weighted by Crippen LogP contribution is 2.30. The molecule has 166 valence electrons. The summed E-state index contributed by atoms with van der Waals surface area (Å²) in [6, 6.07) is 16.1. The van der Waals surface area contributed by atoms with Crippen LogP contribution in [0.15, 0.2) is 70.7 Å². The molecule has 1 fully saturated rings. The molecule has 3 aromatic rings. The number of carbonyl (C=O) groups excluding carboxylic acids is 4. The summed E-state index contributed by atoms with van der Waals surface area (Å²) in [6.45, 7) is 1.77. The molecule has 4 rings (SSSR count). The summed E-state index contributed by atoms with van der Waals surface area (Å²) >= 11 is 0. The molecule has 1 aromatic heterocycles. The number of hydrogen-bond donors (Lipinski definition) is 0. The van der Waals surface area contributed by atoms with Crippen molar-refractivity contribution >= 4 is 35.6 Å². The van der Waals surface area contributed by atoms with Crippen molar-refractivity contribution in [1.29, 1.82) is 0 Å². The van der Waals surface area contributed by atoms with Gasteiger partial charge < -0.3 is 9.15 Å². The molecule has 33 heavy (non-hydrogen) atoms. The van der Waals surface area contributed by atoms with Crippen molar-refractivity contribution in [3.63, 3.8) is 0 Å². The molecule has 0 atom stereocenters. The molecule has 8 heteroatoms. The SMILES string of the molecule is COC(=O)c1cccc(-c2ccc(/C=C3\C(=O)N(C)C(=O)N(c4ccccc4)C3=O)o2)c1C. The summed E-state index contributed by atoms with van der Waals surface area (Å²) in [5, 5.41) is 0. The maximum absolute atomic E-state index is 13.1. The maximum Gasteiger partial charge on any atom is 0.338 e. The van der Waals surface area contributed by atoms with Crippen LogP contribution in [0.25, 0.3) is 17.4 Å². The van der Waals surface area contributed by atoms with Crippen LogP contribution in [0.4, 0.5) is 10.5 Å². The van der Waals surface area contributed by atoms with Crippen LogP contribution in [0.2, 0.25) is 0 Å². The molecule has 0 N–H and O–H groups in total. The molecule has 8 nitrogen and oxygen atoms in total. The smallest absolute Gasteiger partial charge is 0.338 e. The van der Waals surface area contributed by atoms with Gasteiger partial charge in [0.25, 0.3) is 11.8 Å². The highest BCUT2D eigenvalue weighted by atomic mass is 16.5. The zero-order chi connectivity index (χ0) is 23.7. The minimum absolute atomic E-state index is 0.207. The monoisotopic (exact) mass is 444 g/mol. The molecular weight excluding hydrogens is 424 g/mol. The Kier molecular flexibility index (Phi) is 5.66. The molecule has 0 radical (unpaired) electrons. The Morgan fingerprint density at radius 1 is 0.939 bits per heavy atom. The van der Waals surface area contributed by atoms with Crippen molar-refractivity contribution in [2.45, 2.75) is 6.92 Å². The summed E-state index contributed by atoms with van der Waals surface area (Å²) < 4.78 is 10.7. The van der Waals surface area contributed by atoms with E-state index in [0.29, 0.717) is 28.1 Å². The normalized spacial score (nSPS) is 15.4. The second-order valence-electron chi connectivity index (χ2n) is 7.35. The third-order valence-corrected chi connectivity index (χ3v) is 5.38. The molecule has 1 aliphatic heterocycles. The zero-order valence-electron chi connectivity index (χ0n) is 18.2. The summed E-state index contributed by atoms with van der Waals surface area (Å²) in [6.07, 6.45) is 1.31. The van der Waals surface area contributed by atoms with E-state index in [2.05, 4.69) is 0 Å². The van der Waals surface area contributed by atoms with Crippen LogP contribution in [-0.2, 0) is 14.3 Å². The second kappa shape index (κ2) is 8.58. The number of amides is 4. The molecule has 1 saturated heterocycles. The summed E-state index contributed by atoms with van der Waals surface area (Å²) in [5.41, 5.74) is 1.89. The Labute approximate surface area is 189 Å². The Morgan fingerprint density at radius 3 is 2.36 bits per heavy atom. The molecule has 0 spiro atoms. The lowest BCUT2D eigenvalue weighted by Crippen LogP contribution is -2.55. The number of carbonyl (C=O) groups is 4. The van der Waals surface area contributed by atoms with E-state index < -0.39 is 23.8 Å². The number of anilines is 1. The maximum atomic E-state index is 13.1. The standard InChI is InChI=1S/C25H20N2O6/c1-15-18(10-7-11-19(15)24(30)32-3)21-13-12-17(33-21)14-20-22(28)26(2)25(31)27(23(20)29)16-8-5-4-6-9-16/h4-14H,1-3H3/b20-14+. The Balaban J connectivity index is 1.72. The van der Waals surface area contributed by atoms with Crippen molar-refractivity contribution in [2.75, 3.05) is 19.1 Å².